The molecule has 1 atom stereocenters. The highest BCUT2D eigenvalue weighted by atomic mass is 16.2. The third-order valence-electron chi connectivity index (χ3n) is 6.36. The van der Waals surface area contributed by atoms with Crippen LogP contribution < -0.4 is 5.73 Å². The second kappa shape index (κ2) is 8.79. The van der Waals surface area contributed by atoms with Crippen LogP contribution in [0, 0.1) is 5.92 Å². The highest BCUT2D eigenvalue weighted by Gasteiger charge is 2.43. The molecule has 0 spiro atoms. The van der Waals surface area contributed by atoms with Crippen molar-refractivity contribution in [1.82, 2.24) is 9.80 Å². The van der Waals surface area contributed by atoms with E-state index in [4.69, 9.17) is 5.73 Å². The molecule has 6 nitrogen and oxygen atoms in total. The molecule has 6 heteroatoms. The number of primary amides is 1. The molecular formula is C24H27N3O3. The van der Waals surface area contributed by atoms with Gasteiger partial charge in [0.15, 0.2) is 0 Å². The van der Waals surface area contributed by atoms with E-state index in [9.17, 15) is 14.4 Å². The predicted molar refractivity (Wildman–Crippen MR) is 113 cm³/mol. The van der Waals surface area contributed by atoms with Crippen molar-refractivity contribution in [3.63, 3.8) is 0 Å². The van der Waals surface area contributed by atoms with Crippen molar-refractivity contribution in [2.45, 2.75) is 31.2 Å². The van der Waals surface area contributed by atoms with Crippen LogP contribution in [0.3, 0.4) is 0 Å². The van der Waals surface area contributed by atoms with Gasteiger partial charge in [-0.3, -0.25) is 24.2 Å². The molecule has 2 N–H and O–H groups in total. The second-order valence-electron chi connectivity index (χ2n) is 8.15. The van der Waals surface area contributed by atoms with E-state index in [0.29, 0.717) is 32.5 Å². The van der Waals surface area contributed by atoms with Gasteiger partial charge in [-0.1, -0.05) is 60.7 Å². The number of amides is 3. The molecular weight excluding hydrogens is 378 g/mol. The smallest absolute Gasteiger partial charge is 0.247 e. The van der Waals surface area contributed by atoms with Gasteiger partial charge in [-0.05, 0) is 37.1 Å². The Morgan fingerprint density at radius 1 is 0.933 bits per heavy atom. The number of nitrogens with zero attached hydrogens (tertiary/aromatic N) is 2. The first kappa shape index (κ1) is 20.3. The first-order chi connectivity index (χ1) is 14.5. The number of hydrogen-bond donors (Lipinski definition) is 1. The standard InChI is InChI=1S/C24H27N3O3/c25-23(29)19-11-13-26(14-12-19)21-15-22(28)27(24(21)30)16-20(17-7-3-1-4-8-17)18-9-5-2-6-10-18/h1-10,19-21H,11-16H2,(H2,25,29). The quantitative estimate of drug-likeness (QED) is 0.747. The fourth-order valence-corrected chi connectivity index (χ4v) is 4.59. The van der Waals surface area contributed by atoms with Crippen LogP contribution in [0.1, 0.15) is 36.3 Å². The topological polar surface area (TPSA) is 83.7 Å². The first-order valence-corrected chi connectivity index (χ1v) is 10.5. The van der Waals surface area contributed by atoms with E-state index in [1.807, 2.05) is 65.6 Å². The minimum absolute atomic E-state index is 0.0698. The summed E-state index contributed by atoms with van der Waals surface area (Å²) < 4.78 is 0. The highest BCUT2D eigenvalue weighted by molar-refractivity contribution is 6.05. The van der Waals surface area contributed by atoms with Crippen molar-refractivity contribution >= 4 is 17.7 Å². The number of rotatable bonds is 6. The molecule has 30 heavy (non-hydrogen) atoms. The van der Waals surface area contributed by atoms with E-state index in [1.165, 1.54) is 4.90 Å². The zero-order chi connectivity index (χ0) is 21.1. The molecule has 0 radical (unpaired) electrons. The molecule has 3 amide bonds. The second-order valence-corrected chi connectivity index (χ2v) is 8.15. The van der Waals surface area contributed by atoms with Crippen LogP contribution >= 0.6 is 0 Å². The number of carbonyl (C=O) groups excluding carboxylic acids is 3. The van der Waals surface area contributed by atoms with Gasteiger partial charge in [0, 0.05) is 18.4 Å². The van der Waals surface area contributed by atoms with Gasteiger partial charge in [-0.25, -0.2) is 0 Å². The molecule has 2 aliphatic heterocycles. The summed E-state index contributed by atoms with van der Waals surface area (Å²) in [7, 11) is 0. The van der Waals surface area contributed by atoms with Gasteiger partial charge in [-0.15, -0.1) is 0 Å². The zero-order valence-electron chi connectivity index (χ0n) is 16.9. The number of imide groups is 1. The minimum Gasteiger partial charge on any atom is -0.369 e. The van der Waals surface area contributed by atoms with Gasteiger partial charge < -0.3 is 5.73 Å². The Bertz CT molecular complexity index is 868. The molecule has 2 aliphatic rings. The summed E-state index contributed by atoms with van der Waals surface area (Å²) in [6.07, 6.45) is 1.49. The van der Waals surface area contributed by atoms with E-state index in [2.05, 4.69) is 0 Å². The molecule has 0 aromatic heterocycles. The van der Waals surface area contributed by atoms with Crippen LogP contribution in [0.4, 0.5) is 0 Å². The van der Waals surface area contributed by atoms with Crippen molar-refractivity contribution in [1.29, 1.82) is 0 Å². The van der Waals surface area contributed by atoms with E-state index in [1.54, 1.807) is 0 Å². The van der Waals surface area contributed by atoms with Gasteiger partial charge in [0.25, 0.3) is 0 Å². The zero-order valence-corrected chi connectivity index (χ0v) is 16.9. The summed E-state index contributed by atoms with van der Waals surface area (Å²) in [5.41, 5.74) is 7.57. The molecule has 0 saturated carbocycles. The van der Waals surface area contributed by atoms with E-state index >= 15 is 0 Å². The highest BCUT2D eigenvalue weighted by Crippen LogP contribution is 2.30. The Morgan fingerprint density at radius 2 is 1.47 bits per heavy atom. The van der Waals surface area contributed by atoms with Crippen molar-refractivity contribution < 1.29 is 14.4 Å². The SMILES string of the molecule is NC(=O)C1CCN(C2CC(=O)N(CC(c3ccccc3)c3ccccc3)C2=O)CC1. The van der Waals surface area contributed by atoms with Crippen LogP contribution in [-0.2, 0) is 14.4 Å². The molecule has 1 unspecified atom stereocenters. The predicted octanol–water partition coefficient (Wildman–Crippen LogP) is 2.14. The largest absolute Gasteiger partial charge is 0.369 e. The van der Waals surface area contributed by atoms with Crippen molar-refractivity contribution in [2.75, 3.05) is 19.6 Å². The number of benzene rings is 2. The maximum Gasteiger partial charge on any atom is 0.247 e. The Morgan fingerprint density at radius 3 is 1.97 bits per heavy atom. The van der Waals surface area contributed by atoms with Crippen LogP contribution in [-0.4, -0.2) is 53.2 Å². The average molecular weight is 405 g/mol. The maximum atomic E-state index is 13.2. The van der Waals surface area contributed by atoms with Crippen LogP contribution in [0.5, 0.6) is 0 Å². The number of likely N-dealkylation sites (tertiary alicyclic amines) is 2. The number of carbonyl (C=O) groups is 3. The first-order valence-electron chi connectivity index (χ1n) is 10.5. The molecule has 0 aliphatic carbocycles. The van der Waals surface area contributed by atoms with Crippen molar-refractivity contribution in [3.8, 4) is 0 Å². The van der Waals surface area contributed by atoms with E-state index < -0.39 is 6.04 Å². The number of hydrogen-bond acceptors (Lipinski definition) is 4. The molecule has 2 fully saturated rings. The summed E-state index contributed by atoms with van der Waals surface area (Å²) >= 11 is 0. The Kier molecular flexibility index (Phi) is 5.95. The van der Waals surface area contributed by atoms with Gasteiger partial charge in [0.05, 0.1) is 12.5 Å². The normalized spacial score (nSPS) is 20.8. The molecule has 156 valence electrons. The maximum absolute atomic E-state index is 13.2. The lowest BCUT2D eigenvalue weighted by Gasteiger charge is -2.33. The molecule has 2 heterocycles. The minimum atomic E-state index is -0.432. The number of nitrogens with two attached hydrogens (primary N) is 1. The third kappa shape index (κ3) is 4.14. The lowest BCUT2D eigenvalue weighted by Crippen LogP contribution is -2.47. The Labute approximate surface area is 176 Å². The summed E-state index contributed by atoms with van der Waals surface area (Å²) in [4.78, 5) is 40.9. The van der Waals surface area contributed by atoms with Gasteiger partial charge in [0.2, 0.25) is 17.7 Å². The van der Waals surface area contributed by atoms with Crippen LogP contribution in [0.25, 0.3) is 0 Å². The molecule has 0 bridgehead atoms. The number of piperidine rings is 1. The van der Waals surface area contributed by atoms with E-state index in [0.717, 1.165) is 11.1 Å². The third-order valence-corrected chi connectivity index (χ3v) is 6.36. The fraction of sp³-hybridized carbons (Fsp3) is 0.375. The van der Waals surface area contributed by atoms with Gasteiger partial charge in [-0.2, -0.15) is 0 Å². The van der Waals surface area contributed by atoms with E-state index in [-0.39, 0.29) is 36.0 Å². The summed E-state index contributed by atoms with van der Waals surface area (Å²) in [6.45, 7) is 1.57. The van der Waals surface area contributed by atoms with Crippen molar-refractivity contribution in [2.24, 2.45) is 11.7 Å². The fourth-order valence-electron chi connectivity index (χ4n) is 4.59. The average Bonchev–Trinajstić information content (AvgIpc) is 3.06. The summed E-state index contributed by atoms with van der Waals surface area (Å²) in [6, 6.07) is 19.5. The van der Waals surface area contributed by atoms with Crippen molar-refractivity contribution in [3.05, 3.63) is 71.8 Å². The van der Waals surface area contributed by atoms with Crippen LogP contribution in [0.15, 0.2) is 60.7 Å². The molecule has 2 aromatic rings. The van der Waals surface area contributed by atoms with Crippen LogP contribution in [0.2, 0.25) is 0 Å². The van der Waals surface area contributed by atoms with Gasteiger partial charge in [0.1, 0.15) is 0 Å². The lowest BCUT2D eigenvalue weighted by atomic mass is 9.91. The molecule has 2 aromatic carbocycles. The summed E-state index contributed by atoms with van der Waals surface area (Å²) in [5, 5.41) is 0. The monoisotopic (exact) mass is 405 g/mol. The van der Waals surface area contributed by atoms with Gasteiger partial charge >= 0.3 is 0 Å². The summed E-state index contributed by atoms with van der Waals surface area (Å²) in [5.74, 6) is -0.739. The lowest BCUT2D eigenvalue weighted by molar-refractivity contribution is -0.140. The Balaban J connectivity index is 1.51. The molecule has 2 saturated heterocycles. The Hall–Kier alpha value is -2.99. The molecule has 4 rings (SSSR count).